The van der Waals surface area contributed by atoms with Crippen LogP contribution in [0.25, 0.3) is 0 Å². The van der Waals surface area contributed by atoms with Gasteiger partial charge in [-0.2, -0.15) is 0 Å². The lowest BCUT2D eigenvalue weighted by atomic mass is 9.94. The molecule has 0 unspecified atom stereocenters. The number of carbonyl (C=O) groups excluding carboxylic acids is 1. The van der Waals surface area contributed by atoms with E-state index < -0.39 is 5.41 Å². The summed E-state index contributed by atoms with van der Waals surface area (Å²) in [5.41, 5.74) is 1.62. The van der Waals surface area contributed by atoms with Gasteiger partial charge in [0.25, 0.3) is 0 Å². The number of rotatable bonds is 5. The minimum atomic E-state index is -0.463. The summed E-state index contributed by atoms with van der Waals surface area (Å²) in [5, 5.41) is 0. The maximum absolute atomic E-state index is 12.5. The maximum atomic E-state index is 12.5. The van der Waals surface area contributed by atoms with Crippen molar-refractivity contribution in [2.24, 2.45) is 0 Å². The highest BCUT2D eigenvalue weighted by Gasteiger charge is 2.53. The van der Waals surface area contributed by atoms with Crippen LogP contribution in [0, 0.1) is 6.92 Å². The fourth-order valence-corrected chi connectivity index (χ4v) is 3.10. The van der Waals surface area contributed by atoms with Crippen LogP contribution < -0.4 is 4.74 Å². The van der Waals surface area contributed by atoms with Gasteiger partial charge in [0.1, 0.15) is 12.4 Å². The molecular formula is C18H24O4. The summed E-state index contributed by atoms with van der Waals surface area (Å²) in [6.07, 6.45) is 5.02. The Labute approximate surface area is 131 Å². The minimum Gasteiger partial charge on any atom is -0.496 e. The normalized spacial score (nSPS) is 22.9. The van der Waals surface area contributed by atoms with Gasteiger partial charge in [0, 0.05) is 6.61 Å². The third-order valence-electron chi connectivity index (χ3n) is 4.78. The van der Waals surface area contributed by atoms with Gasteiger partial charge in [-0.05, 0) is 56.2 Å². The fourth-order valence-electron chi connectivity index (χ4n) is 3.10. The maximum Gasteiger partial charge on any atom is 0.316 e. The molecule has 1 aliphatic carbocycles. The molecule has 4 nitrogen and oxygen atoms in total. The molecule has 120 valence electrons. The van der Waals surface area contributed by atoms with E-state index in [0.29, 0.717) is 6.61 Å². The largest absolute Gasteiger partial charge is 0.496 e. The van der Waals surface area contributed by atoms with Crippen LogP contribution in [0.4, 0.5) is 0 Å². The number of hydrogen-bond donors (Lipinski definition) is 0. The third-order valence-corrected chi connectivity index (χ3v) is 4.78. The van der Waals surface area contributed by atoms with E-state index in [1.54, 1.807) is 7.11 Å². The number of benzene rings is 1. The molecule has 2 fully saturated rings. The Kier molecular flexibility index (Phi) is 4.39. The number of carbonyl (C=O) groups is 1. The summed E-state index contributed by atoms with van der Waals surface area (Å²) < 4.78 is 16.6. The van der Waals surface area contributed by atoms with Gasteiger partial charge in [-0.3, -0.25) is 4.79 Å². The lowest BCUT2D eigenvalue weighted by Gasteiger charge is -2.23. The molecule has 1 saturated carbocycles. The fraction of sp³-hybridized carbons (Fsp3) is 0.611. The highest BCUT2D eigenvalue weighted by atomic mass is 16.6. The molecule has 4 heteroatoms. The Hall–Kier alpha value is -1.55. The average Bonchev–Trinajstić information content (AvgIpc) is 3.36. The Balaban J connectivity index is 1.66. The smallest absolute Gasteiger partial charge is 0.316 e. The number of esters is 1. The number of hydrogen-bond acceptors (Lipinski definition) is 4. The second-order valence-electron chi connectivity index (χ2n) is 6.35. The molecule has 0 N–H and O–H groups in total. The van der Waals surface area contributed by atoms with Gasteiger partial charge in [-0.1, -0.05) is 12.1 Å². The van der Waals surface area contributed by atoms with E-state index in [1.165, 1.54) is 0 Å². The lowest BCUT2D eigenvalue weighted by molar-refractivity contribution is -0.152. The van der Waals surface area contributed by atoms with Crippen LogP contribution in [-0.2, 0) is 19.7 Å². The molecule has 0 aromatic heterocycles. The Bertz CT molecular complexity index is 542. The van der Waals surface area contributed by atoms with E-state index in [-0.39, 0.29) is 12.1 Å². The molecule has 1 atom stereocenters. The van der Waals surface area contributed by atoms with Crippen molar-refractivity contribution in [2.75, 3.05) is 20.3 Å². The first kappa shape index (κ1) is 15.3. The summed E-state index contributed by atoms with van der Waals surface area (Å²) in [6, 6.07) is 6.00. The van der Waals surface area contributed by atoms with Crippen LogP contribution >= 0.6 is 0 Å². The number of ether oxygens (including phenoxy) is 3. The van der Waals surface area contributed by atoms with Crippen molar-refractivity contribution in [2.45, 2.75) is 50.5 Å². The molecule has 1 aromatic carbocycles. The highest BCUT2D eigenvalue weighted by molar-refractivity contribution is 5.86. The predicted octanol–water partition coefficient (Wildman–Crippen LogP) is 3.15. The first-order valence-corrected chi connectivity index (χ1v) is 8.10. The summed E-state index contributed by atoms with van der Waals surface area (Å²) in [7, 11) is 1.66. The third kappa shape index (κ3) is 2.98. The number of aryl methyl sites for hydroxylation is 1. The van der Waals surface area contributed by atoms with Crippen molar-refractivity contribution >= 4 is 5.97 Å². The molecule has 0 radical (unpaired) electrons. The van der Waals surface area contributed by atoms with Crippen molar-refractivity contribution in [1.29, 1.82) is 0 Å². The molecule has 0 spiro atoms. The second-order valence-corrected chi connectivity index (χ2v) is 6.35. The van der Waals surface area contributed by atoms with E-state index in [4.69, 9.17) is 14.2 Å². The molecule has 0 amide bonds. The summed E-state index contributed by atoms with van der Waals surface area (Å²) in [5.74, 6) is 0.708. The van der Waals surface area contributed by atoms with Crippen molar-refractivity contribution in [3.05, 3.63) is 29.3 Å². The van der Waals surface area contributed by atoms with Gasteiger partial charge < -0.3 is 14.2 Å². The van der Waals surface area contributed by atoms with Crippen LogP contribution in [0.15, 0.2) is 18.2 Å². The molecule has 1 heterocycles. The summed E-state index contributed by atoms with van der Waals surface area (Å²) in [6.45, 7) is 3.16. The van der Waals surface area contributed by atoms with E-state index in [2.05, 4.69) is 0 Å². The molecular weight excluding hydrogens is 280 g/mol. The van der Waals surface area contributed by atoms with Crippen molar-refractivity contribution < 1.29 is 19.0 Å². The van der Waals surface area contributed by atoms with E-state index >= 15 is 0 Å². The van der Waals surface area contributed by atoms with Crippen LogP contribution in [0.3, 0.4) is 0 Å². The topological polar surface area (TPSA) is 44.8 Å². The van der Waals surface area contributed by atoms with Crippen LogP contribution in [0.5, 0.6) is 5.75 Å². The zero-order valence-electron chi connectivity index (χ0n) is 13.4. The van der Waals surface area contributed by atoms with Crippen LogP contribution in [0.1, 0.15) is 43.2 Å². The molecule has 3 rings (SSSR count). The predicted molar refractivity (Wildman–Crippen MR) is 83.2 cm³/mol. The van der Waals surface area contributed by atoms with Crippen LogP contribution in [-0.4, -0.2) is 32.4 Å². The van der Waals surface area contributed by atoms with Crippen LogP contribution in [0.2, 0.25) is 0 Å². The lowest BCUT2D eigenvalue weighted by Crippen LogP contribution is -2.30. The second kappa shape index (κ2) is 6.29. The average molecular weight is 304 g/mol. The van der Waals surface area contributed by atoms with Gasteiger partial charge in [-0.15, -0.1) is 0 Å². The van der Waals surface area contributed by atoms with Gasteiger partial charge in [-0.25, -0.2) is 0 Å². The Morgan fingerprint density at radius 3 is 2.82 bits per heavy atom. The molecule has 1 aliphatic heterocycles. The SMILES string of the molecule is COc1cc(C2(C(=O)OC[C@H]3CCCCO3)CC2)ccc1C. The van der Waals surface area contributed by atoms with Crippen molar-refractivity contribution in [3.63, 3.8) is 0 Å². The molecule has 2 aliphatic rings. The standard InChI is InChI=1S/C18H24O4/c1-13-6-7-14(11-16(13)20-2)18(8-9-18)17(19)22-12-15-5-3-4-10-21-15/h6-7,11,15H,3-5,8-10,12H2,1-2H3/t15-/m1/s1. The highest BCUT2D eigenvalue weighted by Crippen LogP contribution is 2.50. The summed E-state index contributed by atoms with van der Waals surface area (Å²) >= 11 is 0. The van der Waals surface area contributed by atoms with E-state index in [0.717, 1.165) is 55.6 Å². The van der Waals surface area contributed by atoms with Crippen molar-refractivity contribution in [3.8, 4) is 5.75 Å². The minimum absolute atomic E-state index is 0.0704. The quantitative estimate of drug-likeness (QED) is 0.784. The van der Waals surface area contributed by atoms with E-state index in [9.17, 15) is 4.79 Å². The summed E-state index contributed by atoms with van der Waals surface area (Å²) in [4.78, 5) is 12.5. The zero-order valence-corrected chi connectivity index (χ0v) is 13.4. The first-order valence-electron chi connectivity index (χ1n) is 8.10. The van der Waals surface area contributed by atoms with Crippen molar-refractivity contribution in [1.82, 2.24) is 0 Å². The van der Waals surface area contributed by atoms with Gasteiger partial charge >= 0.3 is 5.97 Å². The molecule has 1 saturated heterocycles. The Morgan fingerprint density at radius 1 is 1.36 bits per heavy atom. The molecule has 0 bridgehead atoms. The number of methoxy groups -OCH3 is 1. The molecule has 1 aromatic rings. The van der Waals surface area contributed by atoms with Gasteiger partial charge in [0.2, 0.25) is 0 Å². The van der Waals surface area contributed by atoms with Gasteiger partial charge in [0.15, 0.2) is 0 Å². The van der Waals surface area contributed by atoms with E-state index in [1.807, 2.05) is 25.1 Å². The first-order chi connectivity index (χ1) is 10.7. The van der Waals surface area contributed by atoms with Gasteiger partial charge in [0.05, 0.1) is 18.6 Å². The zero-order chi connectivity index (χ0) is 15.6. The molecule has 22 heavy (non-hydrogen) atoms. The Morgan fingerprint density at radius 2 is 2.18 bits per heavy atom. The monoisotopic (exact) mass is 304 g/mol.